The molecule has 1 aliphatic heterocycles. The van der Waals surface area contributed by atoms with Gasteiger partial charge in [0.2, 0.25) is 0 Å². The van der Waals surface area contributed by atoms with Gasteiger partial charge < -0.3 is 10.3 Å². The number of rotatable bonds is 4. The van der Waals surface area contributed by atoms with Gasteiger partial charge in [-0.1, -0.05) is 13.8 Å². The minimum Gasteiger partial charge on any atom is -0.372 e. The van der Waals surface area contributed by atoms with Gasteiger partial charge in [-0.05, 0) is 49.4 Å². The summed E-state index contributed by atoms with van der Waals surface area (Å²) in [5.74, 6) is 6.32. The van der Waals surface area contributed by atoms with Crippen LogP contribution in [0.1, 0.15) is 32.4 Å². The fraction of sp³-hybridized carbons (Fsp3) is 0.471. The van der Waals surface area contributed by atoms with Crippen LogP contribution in [0.4, 0.5) is 11.4 Å². The second kappa shape index (κ2) is 5.90. The lowest BCUT2D eigenvalue weighted by Crippen LogP contribution is -2.17. The van der Waals surface area contributed by atoms with Gasteiger partial charge in [0.05, 0.1) is 11.2 Å². The summed E-state index contributed by atoms with van der Waals surface area (Å²) in [6.45, 7) is 6.71. The summed E-state index contributed by atoms with van der Waals surface area (Å²) in [4.78, 5) is 7.21. The molecule has 2 heterocycles. The molecule has 4 nitrogen and oxygen atoms in total. The Bertz CT molecular complexity index is 630. The Morgan fingerprint density at radius 1 is 1.24 bits per heavy atom. The normalized spacial score (nSPS) is 15.1. The van der Waals surface area contributed by atoms with Crippen molar-refractivity contribution in [1.82, 2.24) is 4.98 Å². The predicted molar refractivity (Wildman–Crippen MR) is 89.5 cm³/mol. The zero-order chi connectivity index (χ0) is 14.8. The minimum atomic E-state index is 0.587. The second-order valence-electron chi connectivity index (χ2n) is 6.30. The quantitative estimate of drug-likeness (QED) is 0.668. The number of aromatic nitrogens is 1. The summed E-state index contributed by atoms with van der Waals surface area (Å²) in [6, 6.07) is 8.59. The van der Waals surface area contributed by atoms with Crippen LogP contribution in [0.25, 0.3) is 10.9 Å². The van der Waals surface area contributed by atoms with E-state index in [1.165, 1.54) is 18.5 Å². The van der Waals surface area contributed by atoms with E-state index in [2.05, 4.69) is 48.4 Å². The van der Waals surface area contributed by atoms with Gasteiger partial charge in [-0.3, -0.25) is 10.8 Å². The maximum atomic E-state index is 5.73. The van der Waals surface area contributed by atoms with Crippen LogP contribution in [-0.2, 0) is 6.42 Å². The number of hydrazine groups is 1. The third kappa shape index (κ3) is 2.95. The standard InChI is InChI=1S/C17H24N4/c1-12(2)9-13-10-17(20-18)15-11-14(5-6-16(15)19-13)21-7-3-4-8-21/h5-6,10-12H,3-4,7-9,18H2,1-2H3,(H,19,20). The van der Waals surface area contributed by atoms with E-state index in [4.69, 9.17) is 10.8 Å². The molecule has 4 heteroatoms. The van der Waals surface area contributed by atoms with Gasteiger partial charge in [0.25, 0.3) is 0 Å². The molecule has 0 amide bonds. The molecule has 1 aromatic heterocycles. The number of nitrogens with two attached hydrogens (primary N) is 1. The van der Waals surface area contributed by atoms with E-state index in [9.17, 15) is 0 Å². The van der Waals surface area contributed by atoms with Crippen LogP contribution in [0.3, 0.4) is 0 Å². The van der Waals surface area contributed by atoms with E-state index >= 15 is 0 Å². The summed E-state index contributed by atoms with van der Waals surface area (Å²) < 4.78 is 0. The van der Waals surface area contributed by atoms with Crippen molar-refractivity contribution in [2.45, 2.75) is 33.1 Å². The van der Waals surface area contributed by atoms with Gasteiger partial charge in [-0.25, -0.2) is 0 Å². The molecular weight excluding hydrogens is 260 g/mol. The van der Waals surface area contributed by atoms with E-state index in [0.717, 1.165) is 41.8 Å². The Kier molecular flexibility index (Phi) is 3.97. The minimum absolute atomic E-state index is 0.587. The maximum Gasteiger partial charge on any atom is 0.0728 e. The Morgan fingerprint density at radius 3 is 2.67 bits per heavy atom. The van der Waals surface area contributed by atoms with Crippen molar-refractivity contribution in [2.75, 3.05) is 23.4 Å². The molecule has 0 spiro atoms. The van der Waals surface area contributed by atoms with Gasteiger partial charge in [0, 0.05) is 29.9 Å². The van der Waals surface area contributed by atoms with Gasteiger partial charge >= 0.3 is 0 Å². The first kappa shape index (κ1) is 14.1. The molecule has 0 unspecified atom stereocenters. The van der Waals surface area contributed by atoms with Crippen LogP contribution in [0.5, 0.6) is 0 Å². The molecule has 1 fully saturated rings. The number of pyridine rings is 1. The second-order valence-corrected chi connectivity index (χ2v) is 6.30. The fourth-order valence-corrected chi connectivity index (χ4v) is 3.08. The monoisotopic (exact) mass is 284 g/mol. The number of hydrogen-bond acceptors (Lipinski definition) is 4. The van der Waals surface area contributed by atoms with Crippen LogP contribution in [0.15, 0.2) is 24.3 Å². The first-order chi connectivity index (χ1) is 10.2. The molecule has 21 heavy (non-hydrogen) atoms. The molecule has 0 bridgehead atoms. The average Bonchev–Trinajstić information content (AvgIpc) is 2.99. The van der Waals surface area contributed by atoms with Crippen molar-refractivity contribution in [1.29, 1.82) is 0 Å². The van der Waals surface area contributed by atoms with Crippen molar-refractivity contribution in [3.05, 3.63) is 30.0 Å². The molecule has 3 N–H and O–H groups in total. The van der Waals surface area contributed by atoms with Gasteiger partial charge in [0.15, 0.2) is 0 Å². The van der Waals surface area contributed by atoms with Crippen LogP contribution in [0.2, 0.25) is 0 Å². The summed E-state index contributed by atoms with van der Waals surface area (Å²) in [5.41, 5.74) is 7.20. The molecule has 0 aliphatic carbocycles. The molecule has 1 aliphatic rings. The summed E-state index contributed by atoms with van der Waals surface area (Å²) in [5, 5.41) is 1.11. The number of fused-ring (bicyclic) bond motifs is 1. The van der Waals surface area contributed by atoms with Crippen molar-refractivity contribution in [3.63, 3.8) is 0 Å². The SMILES string of the molecule is CC(C)Cc1cc(NN)c2cc(N3CCCC3)ccc2n1. The van der Waals surface area contributed by atoms with Gasteiger partial charge in [0.1, 0.15) is 0 Å². The lowest BCUT2D eigenvalue weighted by Gasteiger charge is -2.19. The summed E-state index contributed by atoms with van der Waals surface area (Å²) in [6.07, 6.45) is 3.54. The first-order valence-corrected chi connectivity index (χ1v) is 7.82. The van der Waals surface area contributed by atoms with Crippen LogP contribution < -0.4 is 16.2 Å². The first-order valence-electron chi connectivity index (χ1n) is 7.82. The number of benzene rings is 1. The summed E-state index contributed by atoms with van der Waals surface area (Å²) in [7, 11) is 0. The van der Waals surface area contributed by atoms with Crippen LogP contribution in [-0.4, -0.2) is 18.1 Å². The largest absolute Gasteiger partial charge is 0.372 e. The average molecular weight is 284 g/mol. The Labute approximate surface area is 126 Å². The van der Waals surface area contributed by atoms with Crippen LogP contribution in [0, 0.1) is 5.92 Å². The van der Waals surface area contributed by atoms with E-state index in [1.807, 2.05) is 0 Å². The summed E-state index contributed by atoms with van der Waals surface area (Å²) >= 11 is 0. The molecule has 2 aromatic rings. The number of hydrogen-bond donors (Lipinski definition) is 2. The lowest BCUT2D eigenvalue weighted by molar-refractivity contribution is 0.637. The van der Waals surface area contributed by atoms with E-state index in [-0.39, 0.29) is 0 Å². The highest BCUT2D eigenvalue weighted by Gasteiger charge is 2.14. The Hall–Kier alpha value is -1.81. The van der Waals surface area contributed by atoms with Crippen molar-refractivity contribution < 1.29 is 0 Å². The van der Waals surface area contributed by atoms with E-state index in [1.54, 1.807) is 0 Å². The molecule has 1 aromatic carbocycles. The molecule has 1 saturated heterocycles. The zero-order valence-corrected chi connectivity index (χ0v) is 12.9. The Balaban J connectivity index is 2.03. The number of nitrogens with zero attached hydrogens (tertiary/aromatic N) is 2. The molecule has 3 rings (SSSR count). The third-order valence-electron chi connectivity index (χ3n) is 4.09. The molecule has 0 radical (unpaired) electrons. The smallest absolute Gasteiger partial charge is 0.0728 e. The number of anilines is 2. The van der Waals surface area contributed by atoms with E-state index < -0.39 is 0 Å². The van der Waals surface area contributed by atoms with Crippen molar-refractivity contribution >= 4 is 22.3 Å². The Morgan fingerprint density at radius 2 is 2.00 bits per heavy atom. The molecule has 0 atom stereocenters. The predicted octanol–water partition coefficient (Wildman–Crippen LogP) is 3.32. The maximum absolute atomic E-state index is 5.73. The zero-order valence-electron chi connectivity index (χ0n) is 12.9. The van der Waals surface area contributed by atoms with Crippen molar-refractivity contribution in [3.8, 4) is 0 Å². The van der Waals surface area contributed by atoms with Crippen molar-refractivity contribution in [2.24, 2.45) is 11.8 Å². The van der Waals surface area contributed by atoms with Gasteiger partial charge in [-0.2, -0.15) is 0 Å². The highest BCUT2D eigenvalue weighted by atomic mass is 15.2. The number of nitrogen functional groups attached to an aromatic ring is 1. The van der Waals surface area contributed by atoms with Gasteiger partial charge in [-0.15, -0.1) is 0 Å². The van der Waals surface area contributed by atoms with E-state index in [0.29, 0.717) is 5.92 Å². The van der Waals surface area contributed by atoms with Crippen LogP contribution >= 0.6 is 0 Å². The number of nitrogens with one attached hydrogen (secondary N) is 1. The highest BCUT2D eigenvalue weighted by molar-refractivity contribution is 5.93. The molecule has 112 valence electrons. The topological polar surface area (TPSA) is 54.2 Å². The molecular formula is C17H24N4. The highest BCUT2D eigenvalue weighted by Crippen LogP contribution is 2.29. The third-order valence-corrected chi connectivity index (χ3v) is 4.09. The molecule has 0 saturated carbocycles. The fourth-order valence-electron chi connectivity index (χ4n) is 3.08. The lowest BCUT2D eigenvalue weighted by atomic mass is 10.0.